The number of hydroxylamine groups is 2. The average molecular weight is 465 g/mol. The van der Waals surface area contributed by atoms with Gasteiger partial charge in [0.05, 0.1) is 6.04 Å². The van der Waals surface area contributed by atoms with Crippen molar-refractivity contribution < 1.29 is 48.5 Å². The minimum atomic E-state index is -4.91. The lowest BCUT2D eigenvalue weighted by atomic mass is 10.1. The topological polar surface area (TPSA) is 223 Å². The highest BCUT2D eigenvalue weighted by molar-refractivity contribution is 7.52. The van der Waals surface area contributed by atoms with Crippen molar-refractivity contribution >= 4 is 21.2 Å². The lowest BCUT2D eigenvalue weighted by Crippen LogP contribution is -2.49. The summed E-state index contributed by atoms with van der Waals surface area (Å²) in [5, 5.41) is 22.8. The third kappa shape index (κ3) is 10.4. The highest BCUT2D eigenvalue weighted by atomic mass is 31.2. The van der Waals surface area contributed by atoms with Gasteiger partial charge in [0.15, 0.2) is 11.7 Å². The van der Waals surface area contributed by atoms with Crippen LogP contribution in [-0.4, -0.2) is 83.7 Å². The molecule has 0 spiro atoms. The van der Waals surface area contributed by atoms with Crippen LogP contribution in [0.2, 0.25) is 0 Å². The molecule has 0 aliphatic heterocycles. The third-order valence-electron chi connectivity index (χ3n) is 4.20. The van der Waals surface area contributed by atoms with Gasteiger partial charge in [-0.2, -0.15) is 0 Å². The molecule has 0 saturated carbocycles. The van der Waals surface area contributed by atoms with E-state index < -0.39 is 51.0 Å². The van der Waals surface area contributed by atoms with Gasteiger partial charge in [-0.1, -0.05) is 19.8 Å². The zero-order valence-corrected chi connectivity index (χ0v) is 18.4. The third-order valence-corrected chi connectivity index (χ3v) is 6.46. The fourth-order valence-electron chi connectivity index (χ4n) is 2.29. The Hall–Kier alpha value is -0.430. The monoisotopic (exact) mass is 465 g/mol. The summed E-state index contributed by atoms with van der Waals surface area (Å²) in [6.07, 6.45) is 1.79. The number of hydrogen-bond acceptors (Lipinski definition) is 9. The second-order valence-electron chi connectivity index (χ2n) is 6.79. The molecular weight excluding hydrogens is 432 g/mol. The van der Waals surface area contributed by atoms with E-state index in [9.17, 15) is 33.9 Å². The molecule has 0 aromatic heterocycles. The lowest BCUT2D eigenvalue weighted by Gasteiger charge is -2.32. The summed E-state index contributed by atoms with van der Waals surface area (Å²) in [5.41, 5.74) is 5.73. The van der Waals surface area contributed by atoms with Crippen molar-refractivity contribution in [2.45, 2.75) is 69.8 Å². The largest absolute Gasteiger partial charge is 0.379 e. The zero-order valence-electron chi connectivity index (χ0n) is 16.7. The van der Waals surface area contributed by atoms with E-state index in [0.29, 0.717) is 12.8 Å². The number of carbonyl (C=O) groups is 1. The molecule has 0 radical (unpaired) electrons. The van der Waals surface area contributed by atoms with Crippen LogP contribution in [0, 0.1) is 0 Å². The molecule has 0 amide bonds. The van der Waals surface area contributed by atoms with Gasteiger partial charge in [0.2, 0.25) is 0 Å². The van der Waals surface area contributed by atoms with Crippen molar-refractivity contribution in [1.82, 2.24) is 10.4 Å². The molecule has 0 aromatic rings. The molecule has 0 bridgehead atoms. The van der Waals surface area contributed by atoms with E-state index in [0.717, 1.165) is 11.5 Å². The predicted molar refractivity (Wildman–Crippen MR) is 103 cm³/mol. The first kappa shape index (κ1) is 28.6. The lowest BCUT2D eigenvalue weighted by molar-refractivity contribution is -0.207. The van der Waals surface area contributed by atoms with Crippen molar-refractivity contribution in [1.29, 1.82) is 0 Å². The minimum Gasteiger partial charge on any atom is -0.379 e. The molecule has 0 rings (SSSR count). The Balaban J connectivity index is 5.12. The maximum atomic E-state index is 12.1. The molecule has 0 aliphatic rings. The second-order valence-corrected chi connectivity index (χ2v) is 10.2. The average Bonchev–Trinajstić information content (AvgIpc) is 2.61. The van der Waals surface area contributed by atoms with E-state index in [2.05, 4.69) is 5.32 Å². The summed E-state index contributed by atoms with van der Waals surface area (Å²) in [6.45, 7) is 4.12. The SMILES string of the molecule is CCCCC(N)C(=O)ON(CCNC(C)C(O)P(=O)(O)O)C(C)C(O)P(=O)(O)O. The first-order chi connectivity index (χ1) is 13.1. The highest BCUT2D eigenvalue weighted by Gasteiger charge is 2.38. The number of aliphatic hydroxyl groups excluding tert-OH is 2. The van der Waals surface area contributed by atoms with Gasteiger partial charge in [-0.25, -0.2) is 4.79 Å². The minimum absolute atomic E-state index is 0.103. The van der Waals surface area contributed by atoms with Crippen LogP contribution in [0.4, 0.5) is 0 Å². The number of nitrogens with zero attached hydrogens (tertiary/aromatic N) is 1. The van der Waals surface area contributed by atoms with Crippen molar-refractivity contribution in [2.75, 3.05) is 13.1 Å². The summed E-state index contributed by atoms with van der Waals surface area (Å²) >= 11 is 0. The van der Waals surface area contributed by atoms with Gasteiger partial charge in [-0.15, -0.1) is 5.06 Å². The van der Waals surface area contributed by atoms with Gasteiger partial charge >= 0.3 is 21.2 Å². The number of unbranched alkanes of at least 4 members (excludes halogenated alkanes) is 1. The number of hydrogen-bond donors (Lipinski definition) is 8. The van der Waals surface area contributed by atoms with Gasteiger partial charge in [0.25, 0.3) is 0 Å². The summed E-state index contributed by atoms with van der Waals surface area (Å²) in [7, 11) is -9.66. The molecule has 0 fully saturated rings. The van der Waals surface area contributed by atoms with Gasteiger partial charge in [0.1, 0.15) is 6.04 Å². The van der Waals surface area contributed by atoms with E-state index in [1.54, 1.807) is 0 Å². The maximum absolute atomic E-state index is 12.1. The molecule has 29 heavy (non-hydrogen) atoms. The van der Waals surface area contributed by atoms with Crippen molar-refractivity contribution in [2.24, 2.45) is 5.73 Å². The Morgan fingerprint density at radius 3 is 2.07 bits per heavy atom. The standard InChI is InChI=1S/C14H33N3O10P2/c1-4-5-6-11(15)12(18)27-17(10(3)14(20)29(24,25)26)8-7-16-9(2)13(19)28(21,22)23/h9-11,13-14,16,19-20H,4-8,15H2,1-3H3,(H2,21,22,23)(H2,24,25,26). The first-order valence-corrected chi connectivity index (χ1v) is 12.4. The molecule has 0 heterocycles. The Bertz CT molecular complexity index is 598. The van der Waals surface area contributed by atoms with Crippen LogP contribution in [0.1, 0.15) is 40.0 Å². The number of rotatable bonds is 14. The number of nitrogens with two attached hydrogens (primary N) is 1. The van der Waals surface area contributed by atoms with Crippen LogP contribution in [-0.2, 0) is 18.8 Å². The summed E-state index contributed by atoms with van der Waals surface area (Å²) in [5.74, 6) is -4.98. The van der Waals surface area contributed by atoms with Crippen molar-refractivity contribution in [3.05, 3.63) is 0 Å². The zero-order chi connectivity index (χ0) is 23.0. The predicted octanol–water partition coefficient (Wildman–Crippen LogP) is -1.38. The van der Waals surface area contributed by atoms with Crippen LogP contribution in [0.3, 0.4) is 0 Å². The fraction of sp³-hybridized carbons (Fsp3) is 0.929. The van der Waals surface area contributed by atoms with Crippen LogP contribution in [0.25, 0.3) is 0 Å². The number of nitrogens with one attached hydrogen (secondary N) is 1. The van der Waals surface area contributed by atoms with Gasteiger partial charge < -0.3 is 45.7 Å². The molecule has 174 valence electrons. The molecule has 0 saturated heterocycles. The summed E-state index contributed by atoms with van der Waals surface area (Å²) in [6, 6.07) is -3.33. The fourth-order valence-corrected chi connectivity index (χ4v) is 3.69. The number of aliphatic hydroxyl groups is 2. The highest BCUT2D eigenvalue weighted by Crippen LogP contribution is 2.42. The van der Waals surface area contributed by atoms with Gasteiger partial charge in [-0.05, 0) is 20.3 Å². The van der Waals surface area contributed by atoms with E-state index in [4.69, 9.17) is 20.4 Å². The van der Waals surface area contributed by atoms with Crippen LogP contribution < -0.4 is 11.1 Å². The Morgan fingerprint density at radius 2 is 1.62 bits per heavy atom. The quantitative estimate of drug-likeness (QED) is 0.110. The molecule has 9 N–H and O–H groups in total. The van der Waals surface area contributed by atoms with Crippen molar-refractivity contribution in [3.8, 4) is 0 Å². The summed E-state index contributed by atoms with van der Waals surface area (Å²) < 4.78 is 22.4. The molecule has 5 atom stereocenters. The smallest absolute Gasteiger partial charge is 0.355 e. The van der Waals surface area contributed by atoms with Crippen LogP contribution in [0.15, 0.2) is 0 Å². The molecule has 0 aliphatic carbocycles. The molecular formula is C14H33N3O10P2. The van der Waals surface area contributed by atoms with Gasteiger partial charge in [-0.3, -0.25) is 9.13 Å². The maximum Gasteiger partial charge on any atom is 0.355 e. The van der Waals surface area contributed by atoms with Crippen LogP contribution in [0.5, 0.6) is 0 Å². The second kappa shape index (κ2) is 12.4. The van der Waals surface area contributed by atoms with E-state index in [1.165, 1.54) is 13.8 Å². The Morgan fingerprint density at radius 1 is 1.10 bits per heavy atom. The molecule has 15 heteroatoms. The van der Waals surface area contributed by atoms with E-state index in [-0.39, 0.29) is 13.1 Å². The molecule has 0 aromatic carbocycles. The summed E-state index contributed by atoms with van der Waals surface area (Å²) in [4.78, 5) is 53.6. The molecule has 13 nitrogen and oxygen atoms in total. The van der Waals surface area contributed by atoms with Crippen LogP contribution >= 0.6 is 15.2 Å². The Labute approximate surface area is 169 Å². The first-order valence-electron chi connectivity index (χ1n) is 9.06. The van der Waals surface area contributed by atoms with Gasteiger partial charge in [0, 0.05) is 19.1 Å². The molecule has 5 unspecified atom stereocenters. The Kier molecular flexibility index (Phi) is 12.2. The van der Waals surface area contributed by atoms with E-state index >= 15 is 0 Å². The van der Waals surface area contributed by atoms with E-state index in [1.807, 2.05) is 6.92 Å². The normalized spacial score (nSPS) is 18.2. The number of carbonyl (C=O) groups excluding carboxylic acids is 1. The van der Waals surface area contributed by atoms with Crippen molar-refractivity contribution in [3.63, 3.8) is 0 Å².